The molecule has 1 saturated heterocycles. The second-order valence-corrected chi connectivity index (χ2v) is 7.09. The van der Waals surface area contributed by atoms with Crippen LogP contribution in [0.4, 0.5) is 14.5 Å². The molecule has 3 N–H and O–H groups in total. The number of nitrogens with one attached hydrogen (secondary N) is 1. The van der Waals surface area contributed by atoms with Crippen LogP contribution in [-0.4, -0.2) is 42.4 Å². The fraction of sp³-hybridized carbons (Fsp3) is 0.300. The van der Waals surface area contributed by atoms with Gasteiger partial charge in [0, 0.05) is 37.8 Å². The minimum absolute atomic E-state index is 0.0290. The minimum Gasteiger partial charge on any atom is -0.375 e. The number of hydrogen-bond donors (Lipinski definition) is 2. The van der Waals surface area contributed by atoms with Crippen LogP contribution < -0.4 is 16.1 Å². The van der Waals surface area contributed by atoms with Crippen LogP contribution in [0.2, 0.25) is 0 Å². The number of benzene rings is 2. The highest BCUT2D eigenvalue weighted by atomic mass is 32.1. The predicted octanol–water partition coefficient (Wildman–Crippen LogP) is 3.02. The monoisotopic (exact) mass is 403 g/mol. The van der Waals surface area contributed by atoms with E-state index >= 15 is 0 Å². The molecule has 148 valence electrons. The smallest absolute Gasteiger partial charge is 0.184 e. The molecule has 28 heavy (non-hydrogen) atoms. The van der Waals surface area contributed by atoms with Crippen molar-refractivity contribution >= 4 is 29.2 Å². The lowest BCUT2D eigenvalue weighted by atomic mass is 10.1. The van der Waals surface area contributed by atoms with E-state index in [4.69, 9.17) is 5.73 Å². The van der Waals surface area contributed by atoms with Crippen LogP contribution in [-0.2, 0) is 0 Å². The van der Waals surface area contributed by atoms with Crippen molar-refractivity contribution in [2.45, 2.75) is 13.0 Å². The molecule has 8 heteroatoms. The number of nitrogens with two attached hydrogens (primary N) is 1. The first-order valence-electron chi connectivity index (χ1n) is 9.08. The summed E-state index contributed by atoms with van der Waals surface area (Å²) in [5.74, 6) is -1.81. The summed E-state index contributed by atoms with van der Waals surface area (Å²) >= 11 is 4.61. The third kappa shape index (κ3) is 4.63. The van der Waals surface area contributed by atoms with Crippen molar-refractivity contribution < 1.29 is 8.78 Å². The van der Waals surface area contributed by atoms with E-state index < -0.39 is 11.6 Å². The van der Waals surface area contributed by atoms with Gasteiger partial charge in [0.2, 0.25) is 0 Å². The van der Waals surface area contributed by atoms with Gasteiger partial charge in [-0.05, 0) is 36.8 Å². The number of piperazine rings is 1. The summed E-state index contributed by atoms with van der Waals surface area (Å²) in [6.07, 6.45) is 1.15. The number of halogens is 2. The molecule has 1 fully saturated rings. The number of hydrogen-bond acceptors (Lipinski definition) is 4. The molecule has 1 heterocycles. The van der Waals surface area contributed by atoms with Crippen LogP contribution in [0.1, 0.15) is 24.1 Å². The number of rotatable bonds is 5. The van der Waals surface area contributed by atoms with E-state index in [1.807, 2.05) is 23.1 Å². The molecule has 3 rings (SSSR count). The highest BCUT2D eigenvalue weighted by molar-refractivity contribution is 7.80. The Bertz CT molecular complexity index is 851. The van der Waals surface area contributed by atoms with Gasteiger partial charge in [-0.25, -0.2) is 8.78 Å². The zero-order valence-corrected chi connectivity index (χ0v) is 16.4. The molecule has 1 unspecified atom stereocenters. The zero-order valence-electron chi connectivity index (χ0n) is 15.6. The van der Waals surface area contributed by atoms with Gasteiger partial charge in [0.25, 0.3) is 0 Å². The standard InChI is InChI=1S/C20H23F2N5S/c1-14(15-5-3-2-4-6-15)26-9-11-27(12-10-26)17-8-7-16(18(21)19(17)22)13-24-25-20(23)28/h2-8,13-14H,9-12H2,1H3,(H3,23,25,28)/b24-13+. The van der Waals surface area contributed by atoms with Crippen LogP contribution >= 0.6 is 12.2 Å². The maximum atomic E-state index is 14.6. The van der Waals surface area contributed by atoms with Crippen molar-refractivity contribution in [2.75, 3.05) is 31.1 Å². The Morgan fingerprint density at radius 3 is 2.43 bits per heavy atom. The Hall–Kier alpha value is -2.58. The predicted molar refractivity (Wildman–Crippen MR) is 113 cm³/mol. The van der Waals surface area contributed by atoms with E-state index in [1.54, 1.807) is 6.07 Å². The third-order valence-corrected chi connectivity index (χ3v) is 5.05. The maximum absolute atomic E-state index is 14.6. The van der Waals surface area contributed by atoms with Gasteiger partial charge in [0.15, 0.2) is 16.7 Å². The molecule has 2 aromatic rings. The topological polar surface area (TPSA) is 56.9 Å². The average molecular weight is 404 g/mol. The number of anilines is 1. The van der Waals surface area contributed by atoms with Crippen molar-refractivity contribution in [1.82, 2.24) is 10.3 Å². The second kappa shape index (κ2) is 9.07. The Labute approximate surface area is 168 Å². The molecule has 2 aromatic carbocycles. The number of hydrazone groups is 1. The summed E-state index contributed by atoms with van der Waals surface area (Å²) in [4.78, 5) is 4.23. The number of nitrogens with zero attached hydrogens (tertiary/aromatic N) is 3. The summed E-state index contributed by atoms with van der Waals surface area (Å²) in [6.45, 7) is 4.98. The molecule has 1 atom stereocenters. The molecule has 1 aliphatic heterocycles. The fourth-order valence-corrected chi connectivity index (χ4v) is 3.41. The first kappa shape index (κ1) is 20.2. The molecule has 0 radical (unpaired) electrons. The minimum atomic E-state index is -0.939. The van der Waals surface area contributed by atoms with E-state index in [1.165, 1.54) is 11.6 Å². The molecular weight excluding hydrogens is 380 g/mol. The quantitative estimate of drug-likeness (QED) is 0.457. The summed E-state index contributed by atoms with van der Waals surface area (Å²) in [6, 6.07) is 13.6. The van der Waals surface area contributed by atoms with E-state index in [9.17, 15) is 8.78 Å². The van der Waals surface area contributed by atoms with Crippen LogP contribution in [0.25, 0.3) is 0 Å². The lowest BCUT2D eigenvalue weighted by Crippen LogP contribution is -2.47. The average Bonchev–Trinajstić information content (AvgIpc) is 2.71. The Morgan fingerprint density at radius 2 is 1.79 bits per heavy atom. The van der Waals surface area contributed by atoms with Crippen molar-refractivity contribution in [3.8, 4) is 0 Å². The van der Waals surface area contributed by atoms with Gasteiger partial charge in [0.1, 0.15) is 0 Å². The van der Waals surface area contributed by atoms with E-state index in [0.29, 0.717) is 13.1 Å². The van der Waals surface area contributed by atoms with Crippen LogP contribution in [0.3, 0.4) is 0 Å². The van der Waals surface area contributed by atoms with E-state index in [2.05, 4.69) is 46.7 Å². The Balaban J connectivity index is 1.66. The molecule has 0 aliphatic carbocycles. The van der Waals surface area contributed by atoms with Gasteiger partial charge in [-0.3, -0.25) is 10.3 Å². The van der Waals surface area contributed by atoms with Gasteiger partial charge < -0.3 is 10.6 Å². The summed E-state index contributed by atoms with van der Waals surface area (Å²) in [7, 11) is 0. The lowest BCUT2D eigenvalue weighted by molar-refractivity contribution is 0.198. The molecule has 0 aromatic heterocycles. The zero-order chi connectivity index (χ0) is 20.1. The van der Waals surface area contributed by atoms with E-state index in [0.717, 1.165) is 19.3 Å². The molecule has 1 aliphatic rings. The Kier molecular flexibility index (Phi) is 6.53. The van der Waals surface area contributed by atoms with Crippen molar-refractivity contribution in [2.24, 2.45) is 10.8 Å². The third-order valence-electron chi connectivity index (χ3n) is 4.95. The number of thiocarbonyl (C=S) groups is 1. The SMILES string of the molecule is CC(c1ccccc1)N1CCN(c2ccc(/C=N/NC(N)=S)c(F)c2F)CC1. The highest BCUT2D eigenvalue weighted by Gasteiger charge is 2.25. The Morgan fingerprint density at radius 1 is 1.11 bits per heavy atom. The molecule has 0 spiro atoms. The largest absolute Gasteiger partial charge is 0.375 e. The van der Waals surface area contributed by atoms with Gasteiger partial charge >= 0.3 is 0 Å². The summed E-state index contributed by atoms with van der Waals surface area (Å²) in [5.41, 5.74) is 9.11. The van der Waals surface area contributed by atoms with Gasteiger partial charge in [-0.1, -0.05) is 30.3 Å². The lowest BCUT2D eigenvalue weighted by Gasteiger charge is -2.39. The van der Waals surface area contributed by atoms with Gasteiger partial charge in [-0.2, -0.15) is 5.10 Å². The van der Waals surface area contributed by atoms with Gasteiger partial charge in [-0.15, -0.1) is 0 Å². The van der Waals surface area contributed by atoms with Crippen LogP contribution in [0.5, 0.6) is 0 Å². The molecule has 5 nitrogen and oxygen atoms in total. The molecular formula is C20H23F2N5S. The van der Waals surface area contributed by atoms with E-state index in [-0.39, 0.29) is 22.4 Å². The van der Waals surface area contributed by atoms with Crippen molar-refractivity contribution in [1.29, 1.82) is 0 Å². The maximum Gasteiger partial charge on any atom is 0.184 e. The summed E-state index contributed by atoms with van der Waals surface area (Å²) < 4.78 is 29.0. The molecule has 0 saturated carbocycles. The molecule has 0 amide bonds. The van der Waals surface area contributed by atoms with Gasteiger partial charge in [0.05, 0.1) is 11.9 Å². The highest BCUT2D eigenvalue weighted by Crippen LogP contribution is 2.27. The van der Waals surface area contributed by atoms with Crippen LogP contribution in [0, 0.1) is 11.6 Å². The normalized spacial score (nSPS) is 16.3. The van der Waals surface area contributed by atoms with Crippen molar-refractivity contribution in [3.05, 3.63) is 65.2 Å². The first-order chi connectivity index (χ1) is 13.5. The van der Waals surface area contributed by atoms with Crippen molar-refractivity contribution in [3.63, 3.8) is 0 Å². The summed E-state index contributed by atoms with van der Waals surface area (Å²) in [5, 5.41) is 3.63. The first-order valence-corrected chi connectivity index (χ1v) is 9.48. The fourth-order valence-electron chi connectivity index (χ4n) is 3.36. The second-order valence-electron chi connectivity index (χ2n) is 6.65. The molecule has 0 bridgehead atoms. The van der Waals surface area contributed by atoms with Crippen LogP contribution in [0.15, 0.2) is 47.6 Å².